The molecule has 0 bridgehead atoms. The molecule has 1 aromatic rings. The Hall–Kier alpha value is -0.450. The molecule has 0 nitrogen and oxygen atoms in total. The zero-order valence-corrected chi connectivity index (χ0v) is 10.8. The summed E-state index contributed by atoms with van der Waals surface area (Å²) in [6.45, 7) is 6.23. The van der Waals surface area contributed by atoms with Crippen LogP contribution in [0.2, 0.25) is 5.02 Å². The van der Waals surface area contributed by atoms with Gasteiger partial charge in [0, 0.05) is 15.5 Å². The molecule has 0 saturated carbocycles. The van der Waals surface area contributed by atoms with Gasteiger partial charge in [-0.05, 0) is 39.0 Å². The summed E-state index contributed by atoms with van der Waals surface area (Å²) in [5.41, 5.74) is 0.890. The molecule has 1 rings (SSSR count). The summed E-state index contributed by atoms with van der Waals surface area (Å²) in [6, 6.07) is 5.72. The summed E-state index contributed by atoms with van der Waals surface area (Å²) in [5, 5.41) is 0.691. The van der Waals surface area contributed by atoms with Gasteiger partial charge >= 0.3 is 0 Å². The fraction of sp³-hybridized carbons (Fsp3) is 0.333. The normalized spacial score (nSPS) is 10.6. The summed E-state index contributed by atoms with van der Waals surface area (Å²) in [7, 11) is 0. The molecular formula is C12H12BrCl. The molecule has 0 saturated heterocycles. The van der Waals surface area contributed by atoms with E-state index in [2.05, 4.69) is 48.5 Å². The summed E-state index contributed by atoms with van der Waals surface area (Å²) < 4.78 is 0.976. The average Bonchev–Trinajstić information content (AvgIpc) is 2.00. The Bertz CT molecular complexity index is 391. The van der Waals surface area contributed by atoms with Crippen molar-refractivity contribution in [1.29, 1.82) is 0 Å². The quantitative estimate of drug-likeness (QED) is 0.610. The van der Waals surface area contributed by atoms with E-state index in [-0.39, 0.29) is 5.41 Å². The van der Waals surface area contributed by atoms with Crippen molar-refractivity contribution < 1.29 is 0 Å². The van der Waals surface area contributed by atoms with E-state index in [1.807, 2.05) is 18.2 Å². The predicted octanol–water partition coefficient (Wildman–Crippen LogP) is 4.50. The Balaban J connectivity index is 3.02. The van der Waals surface area contributed by atoms with Crippen LogP contribution in [0.25, 0.3) is 0 Å². The maximum Gasteiger partial charge on any atom is 0.0573 e. The first kappa shape index (κ1) is 11.6. The maximum atomic E-state index is 6.03. The van der Waals surface area contributed by atoms with Crippen LogP contribution in [0.1, 0.15) is 26.3 Å². The van der Waals surface area contributed by atoms with E-state index in [1.54, 1.807) is 0 Å². The van der Waals surface area contributed by atoms with E-state index in [4.69, 9.17) is 11.6 Å². The molecule has 74 valence electrons. The first-order valence-corrected chi connectivity index (χ1v) is 5.54. The van der Waals surface area contributed by atoms with E-state index in [1.165, 1.54) is 0 Å². The van der Waals surface area contributed by atoms with Gasteiger partial charge in [0.25, 0.3) is 0 Å². The van der Waals surface area contributed by atoms with Gasteiger partial charge in [0.2, 0.25) is 0 Å². The lowest BCUT2D eigenvalue weighted by Crippen LogP contribution is -1.99. The molecule has 0 spiro atoms. The minimum absolute atomic E-state index is 0.0103. The summed E-state index contributed by atoms with van der Waals surface area (Å²) in [5.74, 6) is 6.23. The van der Waals surface area contributed by atoms with Crippen molar-refractivity contribution in [2.45, 2.75) is 20.8 Å². The van der Waals surface area contributed by atoms with Gasteiger partial charge in [-0.25, -0.2) is 0 Å². The largest absolute Gasteiger partial charge is 0.0919 e. The smallest absolute Gasteiger partial charge is 0.0573 e. The highest BCUT2D eigenvalue weighted by molar-refractivity contribution is 9.10. The first-order valence-electron chi connectivity index (χ1n) is 4.37. The van der Waals surface area contributed by atoms with E-state index in [0.29, 0.717) is 5.02 Å². The third-order valence-electron chi connectivity index (χ3n) is 1.50. The van der Waals surface area contributed by atoms with Gasteiger partial charge in [0.15, 0.2) is 0 Å². The van der Waals surface area contributed by atoms with Crippen molar-refractivity contribution in [2.24, 2.45) is 5.41 Å². The molecule has 0 amide bonds. The third-order valence-corrected chi connectivity index (χ3v) is 2.31. The van der Waals surface area contributed by atoms with Crippen LogP contribution in [0.4, 0.5) is 0 Å². The third kappa shape index (κ3) is 3.74. The lowest BCUT2D eigenvalue weighted by atomic mass is 9.97. The van der Waals surface area contributed by atoms with Crippen LogP contribution < -0.4 is 0 Å². The fourth-order valence-corrected chi connectivity index (χ4v) is 1.57. The summed E-state index contributed by atoms with van der Waals surface area (Å²) in [4.78, 5) is 0. The van der Waals surface area contributed by atoms with Gasteiger partial charge in [-0.15, -0.1) is 0 Å². The van der Waals surface area contributed by atoms with Gasteiger partial charge in [-0.3, -0.25) is 0 Å². The average molecular weight is 272 g/mol. The van der Waals surface area contributed by atoms with Gasteiger partial charge in [0.05, 0.1) is 5.02 Å². The molecule has 14 heavy (non-hydrogen) atoms. The Morgan fingerprint density at radius 2 is 1.93 bits per heavy atom. The molecule has 0 aliphatic rings. The molecule has 0 aliphatic carbocycles. The van der Waals surface area contributed by atoms with Gasteiger partial charge in [0.1, 0.15) is 0 Å². The van der Waals surface area contributed by atoms with Crippen molar-refractivity contribution in [1.82, 2.24) is 0 Å². The topological polar surface area (TPSA) is 0 Å². The van der Waals surface area contributed by atoms with Crippen molar-refractivity contribution >= 4 is 27.5 Å². The molecule has 0 aromatic heterocycles. The molecule has 1 aromatic carbocycles. The predicted molar refractivity (Wildman–Crippen MR) is 65.5 cm³/mol. The van der Waals surface area contributed by atoms with Crippen molar-refractivity contribution in [3.63, 3.8) is 0 Å². The van der Waals surface area contributed by atoms with E-state index < -0.39 is 0 Å². The van der Waals surface area contributed by atoms with Gasteiger partial charge in [-0.2, -0.15) is 0 Å². The van der Waals surface area contributed by atoms with Crippen LogP contribution in [0.3, 0.4) is 0 Å². The highest BCUT2D eigenvalue weighted by Crippen LogP contribution is 2.21. The SMILES string of the molecule is CC(C)(C)C#Cc1ccc(Br)cc1Cl. The minimum atomic E-state index is 0.0103. The van der Waals surface area contributed by atoms with Crippen LogP contribution in [0.15, 0.2) is 22.7 Å². The van der Waals surface area contributed by atoms with E-state index in [0.717, 1.165) is 10.0 Å². The summed E-state index contributed by atoms with van der Waals surface area (Å²) in [6.07, 6.45) is 0. The minimum Gasteiger partial charge on any atom is -0.0919 e. The molecule has 0 aliphatic heterocycles. The van der Waals surface area contributed by atoms with Crippen LogP contribution in [-0.4, -0.2) is 0 Å². The molecule has 0 radical (unpaired) electrons. The molecule has 2 heteroatoms. The lowest BCUT2D eigenvalue weighted by molar-refractivity contribution is 0.571. The first-order chi connectivity index (χ1) is 6.38. The Morgan fingerprint density at radius 3 is 2.43 bits per heavy atom. The standard InChI is InChI=1S/C12H12BrCl/c1-12(2,3)7-6-9-4-5-10(13)8-11(9)14/h4-5,8H,1-3H3. The highest BCUT2D eigenvalue weighted by Gasteiger charge is 2.04. The second-order valence-electron chi connectivity index (χ2n) is 4.12. The van der Waals surface area contributed by atoms with Crippen LogP contribution >= 0.6 is 27.5 Å². The monoisotopic (exact) mass is 270 g/mol. The Morgan fingerprint density at radius 1 is 1.29 bits per heavy atom. The molecule has 0 fully saturated rings. The molecule has 0 atom stereocenters. The lowest BCUT2D eigenvalue weighted by Gasteiger charge is -2.07. The van der Waals surface area contributed by atoms with Crippen LogP contribution in [0.5, 0.6) is 0 Å². The highest BCUT2D eigenvalue weighted by atomic mass is 79.9. The van der Waals surface area contributed by atoms with Crippen LogP contribution in [-0.2, 0) is 0 Å². The second-order valence-corrected chi connectivity index (χ2v) is 5.45. The number of benzene rings is 1. The fourth-order valence-electron chi connectivity index (χ4n) is 0.846. The number of halogens is 2. The van der Waals surface area contributed by atoms with Gasteiger partial charge < -0.3 is 0 Å². The van der Waals surface area contributed by atoms with Gasteiger partial charge in [-0.1, -0.05) is 39.4 Å². The number of hydrogen-bond acceptors (Lipinski definition) is 0. The number of hydrogen-bond donors (Lipinski definition) is 0. The van der Waals surface area contributed by atoms with Crippen molar-refractivity contribution in [2.75, 3.05) is 0 Å². The van der Waals surface area contributed by atoms with Crippen molar-refractivity contribution in [3.05, 3.63) is 33.3 Å². The number of rotatable bonds is 0. The maximum absolute atomic E-state index is 6.03. The molecule has 0 N–H and O–H groups in total. The van der Waals surface area contributed by atoms with Crippen molar-refractivity contribution in [3.8, 4) is 11.8 Å². The Labute approximate surface area is 98.8 Å². The molecule has 0 heterocycles. The Kier molecular flexibility index (Phi) is 3.64. The van der Waals surface area contributed by atoms with E-state index >= 15 is 0 Å². The summed E-state index contributed by atoms with van der Waals surface area (Å²) >= 11 is 9.38. The zero-order chi connectivity index (χ0) is 10.8. The molecule has 0 unspecified atom stereocenters. The van der Waals surface area contributed by atoms with E-state index in [9.17, 15) is 0 Å². The van der Waals surface area contributed by atoms with Crippen LogP contribution in [0, 0.1) is 17.3 Å². The second kappa shape index (κ2) is 4.38. The molecular weight excluding hydrogens is 259 g/mol. The zero-order valence-electron chi connectivity index (χ0n) is 8.49.